The number of nitrogens with one attached hydrogen (secondary N) is 2. The van der Waals surface area contributed by atoms with E-state index in [1.807, 2.05) is 0 Å². The maximum atomic E-state index is 12.9. The van der Waals surface area contributed by atoms with Crippen LogP contribution in [0.25, 0.3) is 0 Å². The highest BCUT2D eigenvalue weighted by atomic mass is 32.2. The third kappa shape index (κ3) is 5.45. The van der Waals surface area contributed by atoms with Crippen LogP contribution in [0.2, 0.25) is 0 Å². The summed E-state index contributed by atoms with van der Waals surface area (Å²) >= 11 is 0. The summed E-state index contributed by atoms with van der Waals surface area (Å²) in [6.45, 7) is 3.10. The van der Waals surface area contributed by atoms with Gasteiger partial charge in [0.25, 0.3) is 11.8 Å². The fraction of sp³-hybridized carbons (Fsp3) is 0.440. The molecular formula is C25H31N3O4S. The molecule has 2 aliphatic rings. The van der Waals surface area contributed by atoms with E-state index in [1.54, 1.807) is 24.3 Å². The molecule has 1 heterocycles. The lowest BCUT2D eigenvalue weighted by Gasteiger charge is -2.30. The molecule has 2 aromatic carbocycles. The van der Waals surface area contributed by atoms with Gasteiger partial charge >= 0.3 is 0 Å². The molecule has 0 radical (unpaired) electrons. The first-order valence-electron chi connectivity index (χ1n) is 11.7. The topological polar surface area (TPSA) is 95.6 Å². The smallest absolute Gasteiger partial charge is 0.255 e. The minimum absolute atomic E-state index is 0.179. The molecule has 2 amide bonds. The second-order valence-corrected chi connectivity index (χ2v) is 11.0. The Labute approximate surface area is 195 Å². The molecule has 0 unspecified atom stereocenters. The first-order chi connectivity index (χ1) is 15.8. The van der Waals surface area contributed by atoms with E-state index in [1.165, 1.54) is 28.6 Å². The summed E-state index contributed by atoms with van der Waals surface area (Å²) in [5.41, 5.74) is 1.17. The summed E-state index contributed by atoms with van der Waals surface area (Å²) in [7, 11) is -3.58. The van der Waals surface area contributed by atoms with Gasteiger partial charge in [-0.05, 0) is 68.0 Å². The van der Waals surface area contributed by atoms with Gasteiger partial charge < -0.3 is 10.6 Å². The van der Waals surface area contributed by atoms with Gasteiger partial charge in [-0.1, -0.05) is 31.9 Å². The monoisotopic (exact) mass is 469 g/mol. The van der Waals surface area contributed by atoms with Crippen molar-refractivity contribution in [1.29, 1.82) is 0 Å². The number of rotatable bonds is 6. The number of hydrogen-bond acceptors (Lipinski definition) is 4. The van der Waals surface area contributed by atoms with Gasteiger partial charge in [-0.3, -0.25) is 9.59 Å². The molecule has 4 rings (SSSR count). The van der Waals surface area contributed by atoms with Gasteiger partial charge in [-0.25, -0.2) is 8.42 Å². The van der Waals surface area contributed by atoms with Crippen LogP contribution < -0.4 is 10.6 Å². The van der Waals surface area contributed by atoms with Crippen molar-refractivity contribution in [3.8, 4) is 0 Å². The number of hydrogen-bond donors (Lipinski definition) is 2. The van der Waals surface area contributed by atoms with E-state index in [0.29, 0.717) is 35.8 Å². The van der Waals surface area contributed by atoms with Crippen LogP contribution in [0.3, 0.4) is 0 Å². The van der Waals surface area contributed by atoms with Gasteiger partial charge in [-0.15, -0.1) is 0 Å². The predicted molar refractivity (Wildman–Crippen MR) is 128 cm³/mol. The Hall–Kier alpha value is -2.71. The number of benzene rings is 2. The van der Waals surface area contributed by atoms with Crippen LogP contribution in [0.5, 0.6) is 0 Å². The Bertz CT molecular complexity index is 1110. The number of nitrogens with zero attached hydrogens (tertiary/aromatic N) is 1. The van der Waals surface area contributed by atoms with Gasteiger partial charge in [0.2, 0.25) is 10.0 Å². The molecule has 7 nitrogen and oxygen atoms in total. The molecule has 1 atom stereocenters. The highest BCUT2D eigenvalue weighted by Gasteiger charge is 2.28. The molecule has 2 fully saturated rings. The van der Waals surface area contributed by atoms with Crippen molar-refractivity contribution >= 4 is 27.5 Å². The summed E-state index contributed by atoms with van der Waals surface area (Å²) in [5, 5.41) is 5.85. The lowest BCUT2D eigenvalue weighted by Crippen LogP contribution is -2.39. The Kier molecular flexibility index (Phi) is 7.14. The number of piperidine rings is 1. The molecule has 0 bridgehead atoms. The highest BCUT2D eigenvalue weighted by Crippen LogP contribution is 2.24. The predicted octanol–water partition coefficient (Wildman–Crippen LogP) is 4.03. The van der Waals surface area contributed by atoms with Crippen LogP contribution in [0.15, 0.2) is 53.4 Å². The quantitative estimate of drug-likeness (QED) is 0.668. The molecule has 176 valence electrons. The lowest BCUT2D eigenvalue weighted by molar-refractivity contribution is 0.0938. The summed E-state index contributed by atoms with van der Waals surface area (Å²) in [5.74, 6) is -0.258. The minimum atomic E-state index is -3.58. The zero-order valence-corrected chi connectivity index (χ0v) is 19.7. The molecule has 2 N–H and O–H groups in total. The molecule has 0 spiro atoms. The minimum Gasteiger partial charge on any atom is -0.349 e. The standard InChI is InChI=1S/C25H31N3O4S/c1-18-7-6-16-28(17-18)33(31,32)21-14-12-19(13-15-21)24(29)27-23-11-5-4-10-22(23)25(30)26-20-8-2-3-9-20/h4-5,10-15,18,20H,2-3,6-9,16-17H2,1H3,(H,26,30)(H,27,29)/t18-/m0/s1. The van der Waals surface area contributed by atoms with Crippen molar-refractivity contribution in [3.63, 3.8) is 0 Å². The van der Waals surface area contributed by atoms with Gasteiger partial charge in [-0.2, -0.15) is 4.31 Å². The molecule has 1 saturated heterocycles. The van der Waals surface area contributed by atoms with E-state index in [-0.39, 0.29) is 16.8 Å². The fourth-order valence-corrected chi connectivity index (χ4v) is 6.21. The van der Waals surface area contributed by atoms with E-state index >= 15 is 0 Å². The zero-order chi connectivity index (χ0) is 23.4. The van der Waals surface area contributed by atoms with E-state index in [2.05, 4.69) is 17.6 Å². The molecular weight excluding hydrogens is 438 g/mol. The van der Waals surface area contributed by atoms with Crippen molar-refractivity contribution in [3.05, 3.63) is 59.7 Å². The number of para-hydroxylation sites is 1. The van der Waals surface area contributed by atoms with Gasteiger partial charge in [0, 0.05) is 24.7 Å². The average molecular weight is 470 g/mol. The maximum absolute atomic E-state index is 12.9. The molecule has 1 aliphatic heterocycles. The fourth-order valence-electron chi connectivity index (χ4n) is 4.61. The molecule has 8 heteroatoms. The van der Waals surface area contributed by atoms with Crippen molar-refractivity contribution < 1.29 is 18.0 Å². The van der Waals surface area contributed by atoms with E-state index in [4.69, 9.17) is 0 Å². The van der Waals surface area contributed by atoms with Gasteiger partial charge in [0.1, 0.15) is 0 Å². The van der Waals surface area contributed by atoms with E-state index < -0.39 is 15.9 Å². The average Bonchev–Trinajstić information content (AvgIpc) is 3.32. The number of carbonyl (C=O) groups excluding carboxylic acids is 2. The van der Waals surface area contributed by atoms with Gasteiger partial charge in [0.05, 0.1) is 16.1 Å². The van der Waals surface area contributed by atoms with E-state index in [9.17, 15) is 18.0 Å². The van der Waals surface area contributed by atoms with Crippen LogP contribution in [-0.4, -0.2) is 43.7 Å². The second kappa shape index (κ2) is 10.1. The lowest BCUT2D eigenvalue weighted by atomic mass is 10.0. The molecule has 33 heavy (non-hydrogen) atoms. The number of anilines is 1. The van der Waals surface area contributed by atoms with Crippen LogP contribution in [0.1, 0.15) is 66.2 Å². The summed E-state index contributed by atoms with van der Waals surface area (Å²) in [4.78, 5) is 25.8. The van der Waals surface area contributed by atoms with Crippen LogP contribution >= 0.6 is 0 Å². The zero-order valence-electron chi connectivity index (χ0n) is 18.9. The second-order valence-electron chi connectivity index (χ2n) is 9.09. The Morgan fingerprint density at radius 3 is 2.30 bits per heavy atom. The van der Waals surface area contributed by atoms with Crippen LogP contribution in [0.4, 0.5) is 5.69 Å². The Morgan fingerprint density at radius 1 is 0.909 bits per heavy atom. The van der Waals surface area contributed by atoms with Crippen LogP contribution in [0, 0.1) is 5.92 Å². The number of carbonyl (C=O) groups is 2. The van der Waals surface area contributed by atoms with E-state index in [0.717, 1.165) is 38.5 Å². The first kappa shape index (κ1) is 23.4. The van der Waals surface area contributed by atoms with Crippen molar-refractivity contribution in [1.82, 2.24) is 9.62 Å². The molecule has 1 saturated carbocycles. The summed E-state index contributed by atoms with van der Waals surface area (Å²) in [6, 6.07) is 13.1. The van der Waals surface area contributed by atoms with Crippen molar-refractivity contribution in [2.45, 2.75) is 56.4 Å². The normalized spacial score (nSPS) is 19.8. The third-order valence-electron chi connectivity index (χ3n) is 6.48. The number of amides is 2. The number of sulfonamides is 1. The highest BCUT2D eigenvalue weighted by molar-refractivity contribution is 7.89. The summed E-state index contributed by atoms with van der Waals surface area (Å²) in [6.07, 6.45) is 6.08. The maximum Gasteiger partial charge on any atom is 0.255 e. The largest absolute Gasteiger partial charge is 0.349 e. The van der Waals surface area contributed by atoms with Crippen molar-refractivity contribution in [2.75, 3.05) is 18.4 Å². The molecule has 2 aromatic rings. The Balaban J connectivity index is 1.46. The third-order valence-corrected chi connectivity index (χ3v) is 8.36. The molecule has 1 aliphatic carbocycles. The van der Waals surface area contributed by atoms with Crippen LogP contribution in [-0.2, 0) is 10.0 Å². The van der Waals surface area contributed by atoms with Gasteiger partial charge in [0.15, 0.2) is 0 Å². The summed E-state index contributed by atoms with van der Waals surface area (Å²) < 4.78 is 27.4. The first-order valence-corrected chi connectivity index (χ1v) is 13.1. The molecule has 0 aromatic heterocycles. The van der Waals surface area contributed by atoms with Crippen molar-refractivity contribution in [2.24, 2.45) is 5.92 Å². The SMILES string of the molecule is C[C@H]1CCCN(S(=O)(=O)c2ccc(C(=O)Nc3ccccc3C(=O)NC3CCCC3)cc2)C1. The Morgan fingerprint density at radius 2 is 1.61 bits per heavy atom.